The number of para-hydroxylation sites is 1. The Balaban J connectivity index is 1.93. The van der Waals surface area contributed by atoms with Gasteiger partial charge in [-0.2, -0.15) is 0 Å². The molecule has 0 atom stereocenters. The highest BCUT2D eigenvalue weighted by Crippen LogP contribution is 2.27. The molecule has 0 radical (unpaired) electrons. The van der Waals surface area contributed by atoms with E-state index < -0.39 is 16.7 Å². The lowest BCUT2D eigenvalue weighted by molar-refractivity contribution is -0.384. The molecule has 3 rings (SSSR count). The molecule has 0 saturated carbocycles. The van der Waals surface area contributed by atoms with Gasteiger partial charge in [0.1, 0.15) is 17.2 Å². The molecule has 0 unspecified atom stereocenters. The molecule has 0 bridgehead atoms. The van der Waals surface area contributed by atoms with Crippen molar-refractivity contribution in [3.05, 3.63) is 98.7 Å². The number of nitro benzene ring substituents is 1. The van der Waals surface area contributed by atoms with Crippen LogP contribution in [0.5, 0.6) is 11.5 Å². The molecule has 3 aromatic carbocycles. The summed E-state index contributed by atoms with van der Waals surface area (Å²) in [6.45, 7) is 0. The van der Waals surface area contributed by atoms with Crippen molar-refractivity contribution in [2.75, 3.05) is 19.5 Å². The van der Waals surface area contributed by atoms with Gasteiger partial charge in [-0.25, -0.2) is 0 Å². The van der Waals surface area contributed by atoms with E-state index in [9.17, 15) is 19.7 Å². The van der Waals surface area contributed by atoms with Crippen LogP contribution in [0, 0.1) is 10.1 Å². The van der Waals surface area contributed by atoms with Gasteiger partial charge in [0.05, 0.1) is 29.7 Å². The monoisotopic (exact) mass is 481 g/mol. The average molecular weight is 482 g/mol. The molecule has 0 aliphatic carbocycles. The number of hydrogen-bond acceptors (Lipinski definition) is 6. The van der Waals surface area contributed by atoms with Crippen molar-refractivity contribution >= 4 is 40.9 Å². The maximum absolute atomic E-state index is 13.1. The van der Waals surface area contributed by atoms with Crippen molar-refractivity contribution < 1.29 is 24.0 Å². The van der Waals surface area contributed by atoms with Gasteiger partial charge < -0.3 is 20.1 Å². The quantitative estimate of drug-likeness (QED) is 0.274. The number of anilines is 1. The van der Waals surface area contributed by atoms with E-state index in [0.29, 0.717) is 27.8 Å². The number of ether oxygens (including phenoxy) is 2. The summed E-state index contributed by atoms with van der Waals surface area (Å²) in [6, 6.07) is 16.8. The number of nitrogens with one attached hydrogen (secondary N) is 2. The van der Waals surface area contributed by atoms with E-state index in [1.54, 1.807) is 36.4 Å². The van der Waals surface area contributed by atoms with Gasteiger partial charge in [0.15, 0.2) is 0 Å². The Morgan fingerprint density at radius 1 is 0.971 bits per heavy atom. The zero-order valence-corrected chi connectivity index (χ0v) is 19.0. The molecule has 0 heterocycles. The fourth-order valence-corrected chi connectivity index (χ4v) is 3.24. The second kappa shape index (κ2) is 11.0. The van der Waals surface area contributed by atoms with Crippen LogP contribution in [-0.4, -0.2) is 31.0 Å². The summed E-state index contributed by atoms with van der Waals surface area (Å²) < 4.78 is 10.3. The Bertz CT molecular complexity index is 1260. The molecule has 9 nitrogen and oxygen atoms in total. The Morgan fingerprint density at radius 2 is 1.65 bits per heavy atom. The topological polar surface area (TPSA) is 120 Å². The first-order valence-electron chi connectivity index (χ1n) is 9.87. The maximum atomic E-state index is 13.1. The van der Waals surface area contributed by atoms with Gasteiger partial charge in [-0.05, 0) is 54.1 Å². The van der Waals surface area contributed by atoms with Gasteiger partial charge in [-0.3, -0.25) is 19.7 Å². The second-order valence-electron chi connectivity index (χ2n) is 6.86. The second-order valence-corrected chi connectivity index (χ2v) is 7.27. The molecule has 3 aromatic rings. The van der Waals surface area contributed by atoms with Crippen LogP contribution in [0.25, 0.3) is 6.08 Å². The first-order chi connectivity index (χ1) is 16.3. The summed E-state index contributed by atoms with van der Waals surface area (Å²) in [5.41, 5.74) is 0.853. The van der Waals surface area contributed by atoms with Crippen molar-refractivity contribution in [2.24, 2.45) is 0 Å². The Morgan fingerprint density at radius 3 is 2.26 bits per heavy atom. The van der Waals surface area contributed by atoms with E-state index in [1.807, 2.05) is 0 Å². The molecule has 0 saturated heterocycles. The smallest absolute Gasteiger partial charge is 0.272 e. The number of amides is 2. The third-order valence-corrected chi connectivity index (χ3v) is 4.96. The number of nitrogens with zero attached hydrogens (tertiary/aromatic N) is 1. The zero-order valence-electron chi connectivity index (χ0n) is 18.2. The van der Waals surface area contributed by atoms with Crippen LogP contribution in [0.1, 0.15) is 15.9 Å². The van der Waals surface area contributed by atoms with Crippen LogP contribution < -0.4 is 20.1 Å². The Hall–Kier alpha value is -4.37. The lowest BCUT2D eigenvalue weighted by atomic mass is 10.1. The van der Waals surface area contributed by atoms with Gasteiger partial charge in [0.2, 0.25) is 0 Å². The van der Waals surface area contributed by atoms with Gasteiger partial charge >= 0.3 is 0 Å². The van der Waals surface area contributed by atoms with Crippen LogP contribution >= 0.6 is 11.6 Å². The molecule has 34 heavy (non-hydrogen) atoms. The van der Waals surface area contributed by atoms with Crippen LogP contribution in [0.2, 0.25) is 5.02 Å². The first-order valence-corrected chi connectivity index (χ1v) is 10.3. The molecule has 0 aromatic heterocycles. The van der Waals surface area contributed by atoms with Crippen molar-refractivity contribution in [3.63, 3.8) is 0 Å². The highest BCUT2D eigenvalue weighted by molar-refractivity contribution is 6.32. The number of methoxy groups -OCH3 is 2. The van der Waals surface area contributed by atoms with Gasteiger partial charge in [-0.1, -0.05) is 23.7 Å². The molecule has 2 amide bonds. The van der Waals surface area contributed by atoms with Crippen LogP contribution in [0.15, 0.2) is 72.4 Å². The minimum absolute atomic E-state index is 0.100. The number of carbonyl (C=O) groups excluding carboxylic acids is 2. The largest absolute Gasteiger partial charge is 0.496 e. The van der Waals surface area contributed by atoms with E-state index in [-0.39, 0.29) is 16.9 Å². The van der Waals surface area contributed by atoms with E-state index in [2.05, 4.69) is 10.6 Å². The SMILES string of the molecule is COc1ccc(NC(=O)/C(=C/c2ccc([N+](=O)[O-])cc2)NC(=O)c2ccccc2OC)cc1Cl. The molecular formula is C24H20ClN3O6. The summed E-state index contributed by atoms with van der Waals surface area (Å²) in [5, 5.41) is 16.5. The molecular weight excluding hydrogens is 462 g/mol. The molecule has 0 spiro atoms. The summed E-state index contributed by atoms with van der Waals surface area (Å²) in [5.74, 6) is -0.445. The molecule has 2 N–H and O–H groups in total. The predicted molar refractivity (Wildman–Crippen MR) is 128 cm³/mol. The normalized spacial score (nSPS) is 10.9. The summed E-state index contributed by atoms with van der Waals surface area (Å²) in [7, 11) is 2.90. The van der Waals surface area contributed by atoms with Gasteiger partial charge in [0.25, 0.3) is 17.5 Å². The van der Waals surface area contributed by atoms with Crippen LogP contribution in [0.3, 0.4) is 0 Å². The zero-order chi connectivity index (χ0) is 24.7. The number of hydrogen-bond donors (Lipinski definition) is 2. The first kappa shape index (κ1) is 24.3. The lowest BCUT2D eigenvalue weighted by Crippen LogP contribution is -2.31. The highest BCUT2D eigenvalue weighted by Gasteiger charge is 2.18. The average Bonchev–Trinajstić information content (AvgIpc) is 2.84. The molecule has 0 fully saturated rings. The standard InChI is InChI=1S/C24H20ClN3O6/c1-33-21-6-4-3-5-18(21)23(29)27-20(13-15-7-10-17(11-8-15)28(31)32)24(30)26-16-9-12-22(34-2)19(25)14-16/h3-14H,1-2H3,(H,26,30)(H,27,29)/b20-13-. The summed E-state index contributed by atoms with van der Waals surface area (Å²) in [6.07, 6.45) is 1.40. The minimum Gasteiger partial charge on any atom is -0.496 e. The minimum atomic E-state index is -0.636. The van der Waals surface area contributed by atoms with Gasteiger partial charge in [0, 0.05) is 17.8 Å². The number of carbonyl (C=O) groups is 2. The van der Waals surface area contributed by atoms with Gasteiger partial charge in [-0.15, -0.1) is 0 Å². The molecule has 0 aliphatic heterocycles. The predicted octanol–water partition coefficient (Wildman–Crippen LogP) is 4.68. The summed E-state index contributed by atoms with van der Waals surface area (Å²) in [4.78, 5) is 36.4. The van der Waals surface area contributed by atoms with Crippen molar-refractivity contribution in [3.8, 4) is 11.5 Å². The highest BCUT2D eigenvalue weighted by atomic mass is 35.5. The Labute approximate surface area is 200 Å². The van der Waals surface area contributed by atoms with Crippen LogP contribution in [-0.2, 0) is 4.79 Å². The number of halogens is 1. The van der Waals surface area contributed by atoms with E-state index in [1.165, 1.54) is 50.6 Å². The fraction of sp³-hybridized carbons (Fsp3) is 0.0833. The summed E-state index contributed by atoms with van der Waals surface area (Å²) >= 11 is 6.13. The van der Waals surface area contributed by atoms with E-state index in [4.69, 9.17) is 21.1 Å². The number of rotatable bonds is 8. The van der Waals surface area contributed by atoms with E-state index in [0.717, 1.165) is 0 Å². The van der Waals surface area contributed by atoms with Crippen molar-refractivity contribution in [1.29, 1.82) is 0 Å². The molecule has 0 aliphatic rings. The maximum Gasteiger partial charge on any atom is 0.272 e. The number of nitro groups is 1. The number of benzene rings is 3. The van der Waals surface area contributed by atoms with E-state index >= 15 is 0 Å². The number of non-ortho nitro benzene ring substituents is 1. The third kappa shape index (κ3) is 5.90. The molecule has 10 heteroatoms. The van der Waals surface area contributed by atoms with Crippen molar-refractivity contribution in [2.45, 2.75) is 0 Å². The third-order valence-electron chi connectivity index (χ3n) is 4.67. The fourth-order valence-electron chi connectivity index (χ4n) is 2.98. The van der Waals surface area contributed by atoms with Crippen LogP contribution in [0.4, 0.5) is 11.4 Å². The van der Waals surface area contributed by atoms with Crippen molar-refractivity contribution in [1.82, 2.24) is 5.32 Å². The molecule has 174 valence electrons. The lowest BCUT2D eigenvalue weighted by Gasteiger charge is -2.13. The Kier molecular flexibility index (Phi) is 7.83.